The van der Waals surface area contributed by atoms with Crippen LogP contribution in [0, 0.1) is 0 Å². The maximum absolute atomic E-state index is 12.9. The van der Waals surface area contributed by atoms with E-state index in [1.54, 1.807) is 0 Å². The fourth-order valence-electron chi connectivity index (χ4n) is 9.01. The highest BCUT2D eigenvalue weighted by Crippen LogP contribution is 2.16. The number of hydrogen-bond acceptors (Lipinski definition) is 6. The highest BCUT2D eigenvalue weighted by Gasteiger charge is 2.19. The van der Waals surface area contributed by atoms with E-state index in [-0.39, 0.29) is 31.1 Å². The van der Waals surface area contributed by atoms with E-state index in [9.17, 15) is 14.4 Å². The van der Waals surface area contributed by atoms with Crippen LogP contribution in [0.1, 0.15) is 310 Å². The second kappa shape index (κ2) is 63.9. The van der Waals surface area contributed by atoms with Gasteiger partial charge in [-0.05, 0) is 103 Å². The minimum Gasteiger partial charge on any atom is -0.462 e. The molecule has 0 aliphatic carbocycles. The summed E-state index contributed by atoms with van der Waals surface area (Å²) in [6, 6.07) is 0. The van der Waals surface area contributed by atoms with Crippen LogP contribution in [0.5, 0.6) is 0 Å². The normalized spacial score (nSPS) is 12.7. The Morgan fingerprint density at radius 3 is 0.803 bits per heavy atom. The van der Waals surface area contributed by atoms with Gasteiger partial charge in [-0.3, -0.25) is 14.4 Å². The first kappa shape index (κ1) is 72.3. The van der Waals surface area contributed by atoms with Crippen molar-refractivity contribution in [2.75, 3.05) is 13.2 Å². The number of allylic oxidation sites excluding steroid dienone is 16. The molecule has 0 N–H and O–H groups in total. The average molecular weight is 1060 g/mol. The van der Waals surface area contributed by atoms with Crippen molar-refractivity contribution in [3.63, 3.8) is 0 Å². The zero-order valence-electron chi connectivity index (χ0n) is 50.0. The standard InChI is InChI=1S/C70H120O6/c1-4-7-10-13-16-19-22-24-26-28-30-32-34-35-37-38-40-42-44-46-48-51-54-57-60-63-69(72)75-66-67(65-74-68(71)62-59-56-53-50-21-18-15-12-9-6-3)76-70(73)64-61-58-55-52-49-47-45-43-41-39-36-33-31-29-27-25-23-20-17-14-11-8-5-2/h7,10,16,19,23-26,29-32,35,37,40,42,67H,4-6,8-9,11-15,17-18,20-22,27-28,33-34,36,38-39,41,43-66H2,1-3H3/b10-7-,19-16-,25-23-,26-24-,31-29-,32-30-,37-35-,42-40-. The summed E-state index contributed by atoms with van der Waals surface area (Å²) in [6.45, 7) is 6.51. The van der Waals surface area contributed by atoms with E-state index in [0.717, 1.165) is 116 Å². The number of carbonyl (C=O) groups is 3. The quantitative estimate of drug-likeness (QED) is 0.0261. The summed E-state index contributed by atoms with van der Waals surface area (Å²) in [5.41, 5.74) is 0. The van der Waals surface area contributed by atoms with E-state index in [4.69, 9.17) is 14.2 Å². The summed E-state index contributed by atoms with van der Waals surface area (Å²) in [6.07, 6.45) is 85.6. The summed E-state index contributed by atoms with van der Waals surface area (Å²) in [5.74, 6) is -0.890. The predicted octanol–water partition coefficient (Wildman–Crippen LogP) is 22.0. The molecule has 0 spiro atoms. The molecule has 6 heteroatoms. The molecule has 1 unspecified atom stereocenters. The molecule has 0 aliphatic rings. The molecule has 0 aromatic carbocycles. The number of unbranched alkanes of at least 4 members (excludes halogenated alkanes) is 31. The van der Waals surface area contributed by atoms with Crippen LogP contribution in [0.25, 0.3) is 0 Å². The van der Waals surface area contributed by atoms with Crippen molar-refractivity contribution in [1.29, 1.82) is 0 Å². The van der Waals surface area contributed by atoms with E-state index < -0.39 is 6.10 Å². The van der Waals surface area contributed by atoms with Crippen LogP contribution in [-0.4, -0.2) is 37.2 Å². The third-order valence-corrected chi connectivity index (χ3v) is 13.8. The van der Waals surface area contributed by atoms with Crippen molar-refractivity contribution in [1.82, 2.24) is 0 Å². The molecule has 0 bridgehead atoms. The maximum atomic E-state index is 12.9. The van der Waals surface area contributed by atoms with Crippen LogP contribution >= 0.6 is 0 Å². The largest absolute Gasteiger partial charge is 0.462 e. The van der Waals surface area contributed by atoms with Gasteiger partial charge in [0, 0.05) is 19.3 Å². The van der Waals surface area contributed by atoms with Crippen molar-refractivity contribution in [2.24, 2.45) is 0 Å². The van der Waals surface area contributed by atoms with Crippen LogP contribution < -0.4 is 0 Å². The lowest BCUT2D eigenvalue weighted by Crippen LogP contribution is -2.30. The maximum Gasteiger partial charge on any atom is 0.306 e. The van der Waals surface area contributed by atoms with Crippen molar-refractivity contribution in [3.8, 4) is 0 Å². The van der Waals surface area contributed by atoms with Gasteiger partial charge in [0.1, 0.15) is 13.2 Å². The molecule has 6 nitrogen and oxygen atoms in total. The summed E-state index contributed by atoms with van der Waals surface area (Å²) in [5, 5.41) is 0. The lowest BCUT2D eigenvalue weighted by Gasteiger charge is -2.18. The van der Waals surface area contributed by atoms with Crippen molar-refractivity contribution in [3.05, 3.63) is 97.2 Å². The Kier molecular flexibility index (Phi) is 60.8. The summed E-state index contributed by atoms with van der Waals surface area (Å²) in [7, 11) is 0. The number of carbonyl (C=O) groups excluding carboxylic acids is 3. The topological polar surface area (TPSA) is 78.9 Å². The summed E-state index contributed by atoms with van der Waals surface area (Å²) < 4.78 is 16.9. The van der Waals surface area contributed by atoms with Crippen molar-refractivity contribution in [2.45, 2.75) is 316 Å². The zero-order valence-corrected chi connectivity index (χ0v) is 50.0. The Hall–Kier alpha value is -3.67. The summed E-state index contributed by atoms with van der Waals surface area (Å²) in [4.78, 5) is 38.2. The van der Waals surface area contributed by atoms with Crippen LogP contribution in [-0.2, 0) is 28.6 Å². The predicted molar refractivity (Wildman–Crippen MR) is 330 cm³/mol. The van der Waals surface area contributed by atoms with Gasteiger partial charge in [0.25, 0.3) is 0 Å². The average Bonchev–Trinajstić information content (AvgIpc) is 3.42. The molecule has 76 heavy (non-hydrogen) atoms. The van der Waals surface area contributed by atoms with Gasteiger partial charge < -0.3 is 14.2 Å². The van der Waals surface area contributed by atoms with Gasteiger partial charge in [-0.15, -0.1) is 0 Å². The SMILES string of the molecule is CC/C=C\C/C=C\C/C=C\C/C=C\C/C=C\C/C=C\CCCCCCCCC(=O)OCC(COC(=O)CCCCCCCCCCCC)OC(=O)CCCCCCCCCCCCC/C=C\C/C=C\CCCCCCC. The molecule has 436 valence electrons. The highest BCUT2D eigenvalue weighted by molar-refractivity contribution is 5.71. The highest BCUT2D eigenvalue weighted by atomic mass is 16.6. The third kappa shape index (κ3) is 61.2. The van der Waals surface area contributed by atoms with E-state index in [1.807, 2.05) is 0 Å². The molecule has 1 atom stereocenters. The van der Waals surface area contributed by atoms with Crippen LogP contribution in [0.2, 0.25) is 0 Å². The monoisotopic (exact) mass is 1060 g/mol. The molecule has 0 aromatic rings. The van der Waals surface area contributed by atoms with Crippen molar-refractivity contribution >= 4 is 17.9 Å². The molecule has 0 aromatic heterocycles. The fraction of sp³-hybridized carbons (Fsp3) is 0.729. The number of hydrogen-bond donors (Lipinski definition) is 0. The molecule has 0 saturated carbocycles. The molecule has 0 saturated heterocycles. The first-order chi connectivity index (χ1) is 37.5. The fourth-order valence-corrected chi connectivity index (χ4v) is 9.01. The van der Waals surface area contributed by atoms with Gasteiger partial charge in [0.15, 0.2) is 6.10 Å². The molecule has 0 amide bonds. The first-order valence-corrected chi connectivity index (χ1v) is 32.2. The number of ether oxygens (including phenoxy) is 3. The Bertz CT molecular complexity index is 1490. The Balaban J connectivity index is 4.29. The van der Waals surface area contributed by atoms with Crippen molar-refractivity contribution < 1.29 is 28.6 Å². The Labute approximate surface area is 470 Å². The van der Waals surface area contributed by atoms with Gasteiger partial charge >= 0.3 is 17.9 Å². The van der Waals surface area contributed by atoms with Gasteiger partial charge in [-0.25, -0.2) is 0 Å². The lowest BCUT2D eigenvalue weighted by molar-refractivity contribution is -0.167. The molecule has 0 fully saturated rings. The smallest absolute Gasteiger partial charge is 0.306 e. The van der Waals surface area contributed by atoms with Crippen LogP contribution in [0.4, 0.5) is 0 Å². The van der Waals surface area contributed by atoms with Crippen LogP contribution in [0.15, 0.2) is 97.2 Å². The van der Waals surface area contributed by atoms with E-state index in [1.165, 1.54) is 154 Å². The summed E-state index contributed by atoms with van der Waals surface area (Å²) >= 11 is 0. The minimum absolute atomic E-state index is 0.0809. The number of esters is 3. The van der Waals surface area contributed by atoms with E-state index >= 15 is 0 Å². The molecule has 0 heterocycles. The first-order valence-electron chi connectivity index (χ1n) is 32.2. The Morgan fingerprint density at radius 1 is 0.276 bits per heavy atom. The number of rotatable bonds is 58. The van der Waals surface area contributed by atoms with Gasteiger partial charge in [-0.2, -0.15) is 0 Å². The zero-order chi connectivity index (χ0) is 55.0. The molecule has 0 rings (SSSR count). The molecule has 0 radical (unpaired) electrons. The molecular formula is C70H120O6. The van der Waals surface area contributed by atoms with E-state index in [2.05, 4.69) is 118 Å². The molecular weight excluding hydrogens is 937 g/mol. The van der Waals surface area contributed by atoms with Gasteiger partial charge in [0.2, 0.25) is 0 Å². The van der Waals surface area contributed by atoms with E-state index in [0.29, 0.717) is 19.3 Å². The second-order valence-electron chi connectivity index (χ2n) is 21.3. The minimum atomic E-state index is -0.785. The lowest BCUT2D eigenvalue weighted by atomic mass is 10.0. The van der Waals surface area contributed by atoms with Gasteiger partial charge in [0.05, 0.1) is 0 Å². The second-order valence-corrected chi connectivity index (χ2v) is 21.3. The molecule has 0 aliphatic heterocycles. The van der Waals surface area contributed by atoms with Gasteiger partial charge in [-0.1, -0.05) is 285 Å². The Morgan fingerprint density at radius 2 is 0.513 bits per heavy atom. The van der Waals surface area contributed by atoms with Crippen LogP contribution in [0.3, 0.4) is 0 Å². The third-order valence-electron chi connectivity index (χ3n) is 13.8.